The molecule has 2 aromatic heterocycles. The minimum absolute atomic E-state index is 0.220. The van der Waals surface area contributed by atoms with Crippen molar-refractivity contribution in [2.45, 2.75) is 20.3 Å². The Balaban J connectivity index is 1.82. The summed E-state index contributed by atoms with van der Waals surface area (Å²) in [7, 11) is -4.04. The molecule has 2 aromatic carbocycles. The molecule has 10 heteroatoms. The Morgan fingerprint density at radius 1 is 1.06 bits per heavy atom. The van der Waals surface area contributed by atoms with E-state index in [1.54, 1.807) is 54.6 Å². The second-order valence-electron chi connectivity index (χ2n) is 7.65. The lowest BCUT2D eigenvalue weighted by Crippen LogP contribution is -2.16. The van der Waals surface area contributed by atoms with Gasteiger partial charge >= 0.3 is 7.60 Å². The summed E-state index contributed by atoms with van der Waals surface area (Å²) < 4.78 is 32.0. The Labute approximate surface area is 205 Å². The van der Waals surface area contributed by atoms with Gasteiger partial charge in [0.15, 0.2) is 10.9 Å². The zero-order chi connectivity index (χ0) is 23.6. The van der Waals surface area contributed by atoms with Gasteiger partial charge < -0.3 is 19.2 Å². The molecule has 172 valence electrons. The summed E-state index contributed by atoms with van der Waals surface area (Å²) in [5, 5.41) is 1.48. The molecule has 4 aromatic rings. The number of anilines is 1. The first-order valence-corrected chi connectivity index (χ1v) is 13.2. The van der Waals surface area contributed by atoms with E-state index in [1.165, 1.54) is 17.6 Å². The van der Waals surface area contributed by atoms with Crippen molar-refractivity contribution >= 4 is 52.6 Å². The molecule has 2 heterocycles. The van der Waals surface area contributed by atoms with Crippen molar-refractivity contribution in [2.75, 3.05) is 5.73 Å². The number of hydrogen-bond donors (Lipinski definition) is 1. The summed E-state index contributed by atoms with van der Waals surface area (Å²) in [6.45, 7) is 4.19. The van der Waals surface area contributed by atoms with Crippen LogP contribution in [-0.2, 0) is 11.0 Å². The van der Waals surface area contributed by atoms with Gasteiger partial charge in [0.05, 0.1) is 6.26 Å². The maximum absolute atomic E-state index is 14.3. The first kappa shape index (κ1) is 23.7. The van der Waals surface area contributed by atoms with Crippen LogP contribution in [0.5, 0.6) is 11.5 Å². The Hall–Kier alpha value is -2.44. The standard InChI is InChI=1S/C23H21Cl2N2O4PS/c1-14(2)11-20-21(27-23(26)33-20)22-19(9-10-29-22)32(28,30-17-7-3-5-15(24)12-17)31-18-8-4-6-16(25)13-18/h3-10,12-14H,11H2,1-2H3,(H2,26,27). The van der Waals surface area contributed by atoms with Crippen LogP contribution in [0.15, 0.2) is 65.3 Å². The summed E-state index contributed by atoms with van der Waals surface area (Å²) in [4.78, 5) is 5.38. The molecule has 0 saturated carbocycles. The molecule has 2 N–H and O–H groups in total. The highest BCUT2D eigenvalue weighted by Crippen LogP contribution is 2.51. The van der Waals surface area contributed by atoms with Crippen LogP contribution in [-0.4, -0.2) is 4.98 Å². The molecule has 0 bridgehead atoms. The van der Waals surface area contributed by atoms with Crippen molar-refractivity contribution < 1.29 is 18.0 Å². The van der Waals surface area contributed by atoms with E-state index in [2.05, 4.69) is 18.8 Å². The normalized spacial score (nSPS) is 11.7. The minimum Gasteiger partial charge on any atom is -0.462 e. The molecule has 0 saturated heterocycles. The fourth-order valence-electron chi connectivity index (χ4n) is 3.19. The summed E-state index contributed by atoms with van der Waals surface area (Å²) >= 11 is 13.6. The average molecular weight is 523 g/mol. The Bertz CT molecular complexity index is 1270. The maximum Gasteiger partial charge on any atom is 0.466 e. The van der Waals surface area contributed by atoms with Crippen LogP contribution in [0.25, 0.3) is 11.5 Å². The van der Waals surface area contributed by atoms with Crippen molar-refractivity contribution in [1.82, 2.24) is 4.98 Å². The molecule has 0 radical (unpaired) electrons. The van der Waals surface area contributed by atoms with Crippen LogP contribution in [0.3, 0.4) is 0 Å². The highest BCUT2D eigenvalue weighted by molar-refractivity contribution is 7.63. The number of nitrogens with zero attached hydrogens (tertiary/aromatic N) is 1. The van der Waals surface area contributed by atoms with Crippen molar-refractivity contribution in [3.63, 3.8) is 0 Å². The largest absolute Gasteiger partial charge is 0.466 e. The highest BCUT2D eigenvalue weighted by atomic mass is 35.5. The molecule has 0 atom stereocenters. The lowest BCUT2D eigenvalue weighted by Gasteiger charge is -2.20. The molecule has 6 nitrogen and oxygen atoms in total. The first-order valence-electron chi connectivity index (χ1n) is 10.1. The Kier molecular flexibility index (Phi) is 7.05. The molecule has 0 aliphatic carbocycles. The summed E-state index contributed by atoms with van der Waals surface area (Å²) in [5.41, 5.74) is 6.53. The maximum atomic E-state index is 14.3. The molecule has 33 heavy (non-hydrogen) atoms. The highest BCUT2D eigenvalue weighted by Gasteiger charge is 2.38. The number of aromatic nitrogens is 1. The molecule has 0 amide bonds. The van der Waals surface area contributed by atoms with Crippen molar-refractivity contribution in [1.29, 1.82) is 0 Å². The van der Waals surface area contributed by atoms with Gasteiger partial charge in [0.1, 0.15) is 22.5 Å². The monoisotopic (exact) mass is 522 g/mol. The lowest BCUT2D eigenvalue weighted by atomic mass is 10.1. The third-order valence-electron chi connectivity index (χ3n) is 4.51. The molecule has 0 spiro atoms. The van der Waals surface area contributed by atoms with Gasteiger partial charge in [0.2, 0.25) is 0 Å². The van der Waals surface area contributed by atoms with Gasteiger partial charge in [-0.15, -0.1) is 11.3 Å². The van der Waals surface area contributed by atoms with Gasteiger partial charge in [0, 0.05) is 14.9 Å². The molecule has 0 unspecified atom stereocenters. The van der Waals surface area contributed by atoms with Crippen LogP contribution in [0.2, 0.25) is 10.0 Å². The predicted octanol–water partition coefficient (Wildman–Crippen LogP) is 7.47. The SMILES string of the molecule is CC(C)Cc1sc(N)nc1-c1occc1P(=O)(Oc1cccc(Cl)c1)Oc1cccc(Cl)c1. The second kappa shape index (κ2) is 9.82. The number of nitrogen functional groups attached to an aromatic ring is 1. The number of furan rings is 1. The van der Waals surface area contributed by atoms with Gasteiger partial charge in [0.25, 0.3) is 0 Å². The third-order valence-corrected chi connectivity index (χ3v) is 7.73. The zero-order valence-electron chi connectivity index (χ0n) is 17.8. The van der Waals surface area contributed by atoms with E-state index in [0.29, 0.717) is 26.8 Å². The van der Waals surface area contributed by atoms with E-state index >= 15 is 0 Å². The first-order chi connectivity index (χ1) is 15.7. The van der Waals surface area contributed by atoms with E-state index < -0.39 is 7.60 Å². The van der Waals surface area contributed by atoms with Crippen molar-refractivity contribution in [3.05, 3.63) is 75.8 Å². The number of benzene rings is 2. The number of halogens is 2. The van der Waals surface area contributed by atoms with E-state index in [1.807, 2.05) is 0 Å². The smallest absolute Gasteiger partial charge is 0.462 e. The van der Waals surface area contributed by atoms with Crippen LogP contribution >= 0.6 is 42.1 Å². The van der Waals surface area contributed by atoms with E-state index in [-0.39, 0.29) is 22.6 Å². The van der Waals surface area contributed by atoms with E-state index in [9.17, 15) is 4.57 Å². The van der Waals surface area contributed by atoms with Gasteiger partial charge in [-0.3, -0.25) is 0 Å². The third kappa shape index (κ3) is 5.56. The van der Waals surface area contributed by atoms with Crippen LogP contribution in [0.4, 0.5) is 5.13 Å². The second-order valence-corrected chi connectivity index (χ2v) is 11.5. The molecule has 0 aliphatic rings. The number of rotatable bonds is 8. The van der Waals surface area contributed by atoms with Crippen molar-refractivity contribution in [2.24, 2.45) is 5.92 Å². The molecular formula is C23H21Cl2N2O4PS. The van der Waals surface area contributed by atoms with Gasteiger partial charge in [-0.05, 0) is 54.8 Å². The molecular weight excluding hydrogens is 502 g/mol. The minimum atomic E-state index is -4.04. The van der Waals surface area contributed by atoms with Crippen LogP contribution in [0, 0.1) is 5.92 Å². The fraction of sp³-hybridized carbons (Fsp3) is 0.174. The van der Waals surface area contributed by atoms with Crippen molar-refractivity contribution in [3.8, 4) is 23.0 Å². The quantitative estimate of drug-likeness (QED) is 0.241. The van der Waals surface area contributed by atoms with Gasteiger partial charge in [-0.25, -0.2) is 9.55 Å². The van der Waals surface area contributed by atoms with E-state index in [4.69, 9.17) is 42.4 Å². The van der Waals surface area contributed by atoms with Crippen LogP contribution < -0.4 is 20.1 Å². The Morgan fingerprint density at radius 3 is 2.21 bits per heavy atom. The summed E-state index contributed by atoms with van der Waals surface area (Å²) in [6, 6.07) is 14.7. The van der Waals surface area contributed by atoms with Gasteiger partial charge in [-0.1, -0.05) is 49.2 Å². The van der Waals surface area contributed by atoms with E-state index in [0.717, 1.165) is 11.3 Å². The van der Waals surface area contributed by atoms with Crippen LogP contribution in [0.1, 0.15) is 18.7 Å². The number of nitrogens with two attached hydrogens (primary N) is 1. The number of thiazole rings is 1. The molecule has 0 aliphatic heterocycles. The number of hydrogen-bond acceptors (Lipinski definition) is 7. The molecule has 0 fully saturated rings. The molecule has 4 rings (SSSR count). The average Bonchev–Trinajstić information content (AvgIpc) is 3.34. The Morgan fingerprint density at radius 2 is 1.67 bits per heavy atom. The topological polar surface area (TPSA) is 87.6 Å². The fourth-order valence-corrected chi connectivity index (χ4v) is 6.26. The predicted molar refractivity (Wildman–Crippen MR) is 134 cm³/mol. The summed E-state index contributed by atoms with van der Waals surface area (Å²) in [5.74, 6) is 1.20. The van der Waals surface area contributed by atoms with Gasteiger partial charge in [-0.2, -0.15) is 0 Å². The zero-order valence-corrected chi connectivity index (χ0v) is 21.0. The lowest BCUT2D eigenvalue weighted by molar-refractivity contribution is 0.399. The summed E-state index contributed by atoms with van der Waals surface area (Å²) in [6.07, 6.45) is 2.16.